The molecule has 1 aromatic heterocycles. The fraction of sp³-hybridized carbons (Fsp3) is 0.214. The van der Waals surface area contributed by atoms with Crippen LogP contribution in [-0.2, 0) is 11.2 Å². The summed E-state index contributed by atoms with van der Waals surface area (Å²) in [5.41, 5.74) is 1.14. The summed E-state index contributed by atoms with van der Waals surface area (Å²) in [6.07, 6.45) is 2.51. The van der Waals surface area contributed by atoms with E-state index in [1.54, 1.807) is 6.20 Å². The van der Waals surface area contributed by atoms with Gasteiger partial charge >= 0.3 is 0 Å². The van der Waals surface area contributed by atoms with E-state index in [0.29, 0.717) is 10.2 Å². The van der Waals surface area contributed by atoms with Gasteiger partial charge in [-0.25, -0.2) is 9.88 Å². The van der Waals surface area contributed by atoms with Crippen LogP contribution in [0, 0.1) is 5.41 Å². The molecule has 2 heterocycles. The maximum absolute atomic E-state index is 12.0. The molecule has 1 aromatic carbocycles. The summed E-state index contributed by atoms with van der Waals surface area (Å²) in [7, 11) is 0. The first-order valence-electron chi connectivity index (χ1n) is 6.33. The molecule has 1 aliphatic rings. The Labute approximate surface area is 135 Å². The second-order valence-electron chi connectivity index (χ2n) is 4.65. The monoisotopic (exact) mass is 337 g/mol. The maximum Gasteiger partial charge on any atom is 0.248 e. The van der Waals surface area contributed by atoms with Gasteiger partial charge in [0.05, 0.1) is 5.25 Å². The maximum atomic E-state index is 12.0. The van der Waals surface area contributed by atoms with Gasteiger partial charge < -0.3 is 0 Å². The van der Waals surface area contributed by atoms with E-state index in [4.69, 9.17) is 17.0 Å². The average molecular weight is 338 g/mol. The molecule has 0 radical (unpaired) electrons. The van der Waals surface area contributed by atoms with Crippen molar-refractivity contribution < 1.29 is 4.79 Å². The number of hydrogen-bond donors (Lipinski definition) is 1. The topological polar surface area (TPSA) is 57.1 Å². The van der Waals surface area contributed by atoms with Crippen molar-refractivity contribution in [1.29, 1.82) is 5.41 Å². The molecule has 21 heavy (non-hydrogen) atoms. The summed E-state index contributed by atoms with van der Waals surface area (Å²) in [4.78, 5) is 18.8. The molecule has 4 nitrogen and oxygen atoms in total. The minimum atomic E-state index is -0.207. The number of anilines is 1. The number of thioether (sulfide) groups is 1. The van der Waals surface area contributed by atoms with Crippen molar-refractivity contribution in [3.05, 3.63) is 45.9 Å². The van der Waals surface area contributed by atoms with Crippen molar-refractivity contribution in [3.8, 4) is 0 Å². The van der Waals surface area contributed by atoms with Gasteiger partial charge in [0, 0.05) is 22.5 Å². The number of nitrogens with zero attached hydrogens (tertiary/aromatic N) is 2. The highest BCUT2D eigenvalue weighted by Gasteiger charge is 2.36. The zero-order chi connectivity index (χ0) is 15.0. The van der Waals surface area contributed by atoms with Gasteiger partial charge in [0.25, 0.3) is 0 Å². The quantitative estimate of drug-likeness (QED) is 0.927. The van der Waals surface area contributed by atoms with Crippen molar-refractivity contribution in [2.45, 2.75) is 18.6 Å². The Balaban J connectivity index is 1.79. The van der Waals surface area contributed by atoms with Crippen molar-refractivity contribution in [3.63, 3.8) is 0 Å². The number of nitrogens with one attached hydrogen (secondary N) is 1. The van der Waals surface area contributed by atoms with Crippen LogP contribution in [0.1, 0.15) is 17.4 Å². The molecule has 1 atom stereocenters. The number of halogens is 1. The first-order valence-corrected chi connectivity index (χ1v) is 8.40. The van der Waals surface area contributed by atoms with Crippen LogP contribution in [0.15, 0.2) is 30.5 Å². The molecular weight excluding hydrogens is 326 g/mol. The molecule has 1 aliphatic heterocycles. The third-order valence-electron chi connectivity index (χ3n) is 3.08. The second-order valence-corrected chi connectivity index (χ2v) is 7.51. The number of benzene rings is 1. The van der Waals surface area contributed by atoms with Crippen LogP contribution in [0.2, 0.25) is 5.02 Å². The molecular formula is C14H12ClN3OS2. The molecule has 0 aliphatic carbocycles. The number of carbonyl (C=O) groups is 1. The molecule has 0 bridgehead atoms. The lowest BCUT2D eigenvalue weighted by Gasteiger charge is -2.10. The lowest BCUT2D eigenvalue weighted by molar-refractivity contribution is -0.116. The number of amides is 1. The molecule has 2 aromatic rings. The smallest absolute Gasteiger partial charge is 0.248 e. The fourth-order valence-electron chi connectivity index (χ4n) is 2.02. The molecule has 1 unspecified atom stereocenters. The van der Waals surface area contributed by atoms with Crippen molar-refractivity contribution in [1.82, 2.24) is 4.98 Å². The van der Waals surface area contributed by atoms with Gasteiger partial charge in [-0.2, -0.15) is 0 Å². The average Bonchev–Trinajstić information content (AvgIpc) is 2.98. The van der Waals surface area contributed by atoms with Crippen LogP contribution in [0.4, 0.5) is 5.13 Å². The summed E-state index contributed by atoms with van der Waals surface area (Å²) in [5.74, 6) is -0.0719. The van der Waals surface area contributed by atoms with Gasteiger partial charge in [0.15, 0.2) is 10.3 Å². The zero-order valence-electron chi connectivity index (χ0n) is 11.2. The number of hydrogen-bond acceptors (Lipinski definition) is 5. The van der Waals surface area contributed by atoms with E-state index < -0.39 is 0 Å². The van der Waals surface area contributed by atoms with Crippen LogP contribution >= 0.6 is 34.7 Å². The van der Waals surface area contributed by atoms with Crippen LogP contribution in [0.3, 0.4) is 0 Å². The Morgan fingerprint density at radius 2 is 2.10 bits per heavy atom. The summed E-state index contributed by atoms with van der Waals surface area (Å²) in [6, 6.07) is 7.67. The number of aromatic nitrogens is 1. The predicted octanol–water partition coefficient (Wildman–Crippen LogP) is 3.79. The van der Waals surface area contributed by atoms with Crippen LogP contribution in [0.25, 0.3) is 0 Å². The summed E-state index contributed by atoms with van der Waals surface area (Å²) >= 11 is 8.57. The summed E-state index contributed by atoms with van der Waals surface area (Å²) < 4.78 is 0. The molecule has 3 rings (SSSR count). The molecule has 1 saturated heterocycles. The zero-order valence-corrected chi connectivity index (χ0v) is 13.6. The number of thiazole rings is 1. The van der Waals surface area contributed by atoms with Gasteiger partial charge in [-0.05, 0) is 24.6 Å². The molecule has 1 fully saturated rings. The first kappa shape index (κ1) is 14.6. The summed E-state index contributed by atoms with van der Waals surface area (Å²) in [5, 5.41) is 9.21. The van der Waals surface area contributed by atoms with E-state index in [2.05, 4.69) is 4.98 Å². The Hall–Kier alpha value is -1.37. The Kier molecular flexibility index (Phi) is 4.01. The fourth-order valence-corrected chi connectivity index (χ4v) is 3.98. The third kappa shape index (κ3) is 2.97. The van der Waals surface area contributed by atoms with E-state index in [0.717, 1.165) is 16.9 Å². The lowest BCUT2D eigenvalue weighted by atomic mass is 10.1. The molecule has 1 amide bonds. The van der Waals surface area contributed by atoms with Gasteiger partial charge in [0.2, 0.25) is 5.91 Å². The molecule has 0 spiro atoms. The Morgan fingerprint density at radius 3 is 2.71 bits per heavy atom. The highest BCUT2D eigenvalue weighted by atomic mass is 35.5. The molecule has 0 saturated carbocycles. The number of rotatable bonds is 3. The highest BCUT2D eigenvalue weighted by Crippen LogP contribution is 2.33. The minimum Gasteiger partial charge on any atom is -0.278 e. The Morgan fingerprint density at radius 1 is 1.38 bits per heavy atom. The largest absolute Gasteiger partial charge is 0.278 e. The minimum absolute atomic E-state index is 0.0719. The van der Waals surface area contributed by atoms with Crippen molar-refractivity contribution >= 4 is 50.9 Å². The third-order valence-corrected chi connectivity index (χ3v) is 5.28. The van der Waals surface area contributed by atoms with Gasteiger partial charge in [0.1, 0.15) is 0 Å². The van der Waals surface area contributed by atoms with Crippen LogP contribution < -0.4 is 4.90 Å². The van der Waals surface area contributed by atoms with Crippen LogP contribution in [0.5, 0.6) is 0 Å². The van der Waals surface area contributed by atoms with Gasteiger partial charge in [-0.15, -0.1) is 11.3 Å². The number of amidine groups is 1. The SMILES string of the molecule is CC1SC(=N)N(c2ncc(Cc3ccc(Cl)cc3)s2)C1=O. The van der Waals surface area contributed by atoms with E-state index in [-0.39, 0.29) is 16.3 Å². The van der Waals surface area contributed by atoms with E-state index in [1.165, 1.54) is 28.0 Å². The van der Waals surface area contributed by atoms with Crippen molar-refractivity contribution in [2.24, 2.45) is 0 Å². The Bertz CT molecular complexity index is 698. The van der Waals surface area contributed by atoms with E-state index in [1.807, 2.05) is 31.2 Å². The molecule has 1 N–H and O–H groups in total. The van der Waals surface area contributed by atoms with Gasteiger partial charge in [-0.3, -0.25) is 10.2 Å². The second kappa shape index (κ2) is 5.79. The predicted molar refractivity (Wildman–Crippen MR) is 88.6 cm³/mol. The lowest BCUT2D eigenvalue weighted by Crippen LogP contribution is -2.30. The highest BCUT2D eigenvalue weighted by molar-refractivity contribution is 8.16. The normalized spacial score (nSPS) is 18.6. The van der Waals surface area contributed by atoms with Crippen LogP contribution in [-0.4, -0.2) is 21.3 Å². The van der Waals surface area contributed by atoms with E-state index in [9.17, 15) is 4.79 Å². The molecule has 7 heteroatoms. The number of carbonyl (C=O) groups excluding carboxylic acids is 1. The summed E-state index contributed by atoms with van der Waals surface area (Å²) in [6.45, 7) is 1.81. The standard InChI is InChI=1S/C14H12ClN3OS2/c1-8-12(19)18(13(16)20-8)14-17-7-11(21-14)6-9-2-4-10(15)5-3-9/h2-5,7-8,16H,6H2,1H3. The molecule has 108 valence electrons. The van der Waals surface area contributed by atoms with E-state index >= 15 is 0 Å². The van der Waals surface area contributed by atoms with Gasteiger partial charge in [-0.1, -0.05) is 35.5 Å². The first-order chi connectivity index (χ1) is 10.0. The van der Waals surface area contributed by atoms with Crippen molar-refractivity contribution in [2.75, 3.05) is 4.90 Å².